The molecule has 0 aliphatic rings. The molecule has 0 amide bonds. The molecular weight excluding hydrogens is 164 g/mol. The highest BCUT2D eigenvalue weighted by molar-refractivity contribution is 7.80. The zero-order valence-corrected chi connectivity index (χ0v) is 7.69. The molecule has 1 radical (unpaired) electrons. The minimum absolute atomic E-state index is 0.953. The Balaban J connectivity index is 2.91. The van der Waals surface area contributed by atoms with Gasteiger partial charge in [-0.3, -0.25) is 0 Å². The molecule has 0 saturated carbocycles. The summed E-state index contributed by atoms with van der Waals surface area (Å²) in [4.78, 5) is 0.953. The standard InChI is InChI=1S/C11H9S/c1-8-10-5-3-2-4-9(10)6-7-11(8)12/h2-7H,1H3. The van der Waals surface area contributed by atoms with Crippen molar-refractivity contribution in [2.75, 3.05) is 0 Å². The molecule has 59 valence electrons. The molecule has 0 unspecified atom stereocenters. The van der Waals surface area contributed by atoms with Gasteiger partial charge >= 0.3 is 0 Å². The lowest BCUT2D eigenvalue weighted by Gasteiger charge is -2.02. The first kappa shape index (κ1) is 7.56. The van der Waals surface area contributed by atoms with E-state index in [0.29, 0.717) is 0 Å². The van der Waals surface area contributed by atoms with E-state index < -0.39 is 0 Å². The quantitative estimate of drug-likeness (QED) is 0.569. The molecule has 12 heavy (non-hydrogen) atoms. The van der Waals surface area contributed by atoms with Gasteiger partial charge in [-0.05, 0) is 29.3 Å². The molecule has 1 heteroatoms. The Hall–Kier alpha value is -1.08. The molecule has 0 spiro atoms. The molecule has 0 N–H and O–H groups in total. The summed E-state index contributed by atoms with van der Waals surface area (Å²) in [5.74, 6) is 0. The minimum atomic E-state index is 0.953. The van der Waals surface area contributed by atoms with E-state index in [4.69, 9.17) is 12.6 Å². The summed E-state index contributed by atoms with van der Waals surface area (Å²) in [5, 5.41) is 2.54. The summed E-state index contributed by atoms with van der Waals surface area (Å²) < 4.78 is 0. The normalized spacial score (nSPS) is 10.4. The predicted molar refractivity (Wildman–Crippen MR) is 54.5 cm³/mol. The lowest BCUT2D eigenvalue weighted by atomic mass is 10.1. The summed E-state index contributed by atoms with van der Waals surface area (Å²) in [7, 11) is 0. The molecule has 0 aliphatic carbocycles. The van der Waals surface area contributed by atoms with E-state index in [1.54, 1.807) is 0 Å². The van der Waals surface area contributed by atoms with Crippen LogP contribution >= 0.6 is 12.6 Å². The highest BCUT2D eigenvalue weighted by Gasteiger charge is 1.98. The molecule has 0 aromatic heterocycles. The Labute approximate surface area is 77.6 Å². The van der Waals surface area contributed by atoms with Crippen molar-refractivity contribution in [2.24, 2.45) is 0 Å². The van der Waals surface area contributed by atoms with E-state index in [1.807, 2.05) is 18.2 Å². The van der Waals surface area contributed by atoms with Gasteiger partial charge in [-0.15, -0.1) is 0 Å². The van der Waals surface area contributed by atoms with Crippen molar-refractivity contribution in [2.45, 2.75) is 11.8 Å². The summed E-state index contributed by atoms with van der Waals surface area (Å²) in [6, 6.07) is 12.4. The Kier molecular flexibility index (Phi) is 1.74. The van der Waals surface area contributed by atoms with Crippen LogP contribution in [0.3, 0.4) is 0 Å². The number of hydrogen-bond donors (Lipinski definition) is 0. The summed E-state index contributed by atoms with van der Waals surface area (Å²) in [6.07, 6.45) is 0. The van der Waals surface area contributed by atoms with Gasteiger partial charge in [0.05, 0.1) is 0 Å². The van der Waals surface area contributed by atoms with Gasteiger partial charge in [0.15, 0.2) is 0 Å². The van der Waals surface area contributed by atoms with Gasteiger partial charge in [-0.2, -0.15) is 0 Å². The maximum absolute atomic E-state index is 5.18. The third-order valence-corrected chi connectivity index (χ3v) is 2.59. The smallest absolute Gasteiger partial charge is 0.0412 e. The van der Waals surface area contributed by atoms with Gasteiger partial charge in [-0.25, -0.2) is 0 Å². The molecular formula is C11H9S. The number of aryl methyl sites for hydroxylation is 1. The van der Waals surface area contributed by atoms with Crippen molar-refractivity contribution < 1.29 is 0 Å². The van der Waals surface area contributed by atoms with Crippen molar-refractivity contribution in [3.63, 3.8) is 0 Å². The minimum Gasteiger partial charge on any atom is -0.0798 e. The maximum atomic E-state index is 5.18. The van der Waals surface area contributed by atoms with E-state index in [2.05, 4.69) is 25.1 Å². The van der Waals surface area contributed by atoms with Crippen molar-refractivity contribution in [1.29, 1.82) is 0 Å². The van der Waals surface area contributed by atoms with Crippen LogP contribution in [0.4, 0.5) is 0 Å². The average molecular weight is 173 g/mol. The van der Waals surface area contributed by atoms with Crippen molar-refractivity contribution in [1.82, 2.24) is 0 Å². The van der Waals surface area contributed by atoms with Crippen LogP contribution in [-0.2, 0) is 0 Å². The third-order valence-electron chi connectivity index (χ3n) is 2.15. The van der Waals surface area contributed by atoms with E-state index in [0.717, 1.165) is 4.90 Å². The Morgan fingerprint density at radius 3 is 2.58 bits per heavy atom. The lowest BCUT2D eigenvalue weighted by Crippen LogP contribution is -1.79. The molecule has 0 aliphatic heterocycles. The van der Waals surface area contributed by atoms with Crippen LogP contribution in [0.25, 0.3) is 10.8 Å². The van der Waals surface area contributed by atoms with Crippen LogP contribution in [0.5, 0.6) is 0 Å². The Morgan fingerprint density at radius 2 is 1.75 bits per heavy atom. The zero-order valence-electron chi connectivity index (χ0n) is 6.87. The van der Waals surface area contributed by atoms with Crippen LogP contribution in [0.2, 0.25) is 0 Å². The van der Waals surface area contributed by atoms with Crippen molar-refractivity contribution >= 4 is 23.4 Å². The largest absolute Gasteiger partial charge is 0.0798 e. The molecule has 2 aromatic carbocycles. The number of fused-ring (bicyclic) bond motifs is 1. The Bertz CT molecular complexity index is 418. The monoisotopic (exact) mass is 173 g/mol. The molecule has 0 bridgehead atoms. The van der Waals surface area contributed by atoms with Crippen molar-refractivity contribution in [3.05, 3.63) is 42.0 Å². The second-order valence-electron chi connectivity index (χ2n) is 2.91. The first-order valence-electron chi connectivity index (χ1n) is 3.94. The summed E-state index contributed by atoms with van der Waals surface area (Å²) in [5.41, 5.74) is 1.21. The van der Waals surface area contributed by atoms with Gasteiger partial charge in [0.1, 0.15) is 0 Å². The number of hydrogen-bond acceptors (Lipinski definition) is 0. The van der Waals surface area contributed by atoms with Gasteiger partial charge in [-0.1, -0.05) is 43.0 Å². The first-order valence-corrected chi connectivity index (χ1v) is 4.35. The molecule has 2 rings (SSSR count). The second-order valence-corrected chi connectivity index (χ2v) is 3.35. The van der Waals surface area contributed by atoms with E-state index in [1.165, 1.54) is 16.3 Å². The van der Waals surface area contributed by atoms with E-state index in [9.17, 15) is 0 Å². The van der Waals surface area contributed by atoms with Gasteiger partial charge < -0.3 is 0 Å². The lowest BCUT2D eigenvalue weighted by molar-refractivity contribution is 1.36. The van der Waals surface area contributed by atoms with Crippen molar-refractivity contribution in [3.8, 4) is 0 Å². The third kappa shape index (κ3) is 1.07. The SMILES string of the molecule is Cc1c([S])ccc2ccccc12. The van der Waals surface area contributed by atoms with E-state index in [-0.39, 0.29) is 0 Å². The molecule has 0 saturated heterocycles. The van der Waals surface area contributed by atoms with Crippen LogP contribution in [0.15, 0.2) is 41.3 Å². The highest BCUT2D eigenvalue weighted by atomic mass is 32.1. The molecule has 2 aromatic rings. The zero-order chi connectivity index (χ0) is 8.55. The topological polar surface area (TPSA) is 0 Å². The fourth-order valence-corrected chi connectivity index (χ4v) is 1.59. The Morgan fingerprint density at radius 1 is 1.00 bits per heavy atom. The first-order chi connectivity index (χ1) is 5.79. The van der Waals surface area contributed by atoms with Crippen LogP contribution in [-0.4, -0.2) is 0 Å². The highest BCUT2D eigenvalue weighted by Crippen LogP contribution is 2.23. The molecule has 0 heterocycles. The fraction of sp³-hybridized carbons (Fsp3) is 0.0909. The van der Waals surface area contributed by atoms with Gasteiger partial charge in [0.2, 0.25) is 0 Å². The molecule has 0 atom stereocenters. The van der Waals surface area contributed by atoms with Crippen LogP contribution < -0.4 is 0 Å². The second kappa shape index (κ2) is 2.76. The predicted octanol–water partition coefficient (Wildman–Crippen LogP) is 3.70. The maximum Gasteiger partial charge on any atom is 0.0412 e. The van der Waals surface area contributed by atoms with E-state index >= 15 is 0 Å². The van der Waals surface area contributed by atoms with Crippen LogP contribution in [0.1, 0.15) is 5.56 Å². The molecule has 0 nitrogen and oxygen atoms in total. The number of benzene rings is 2. The number of rotatable bonds is 0. The average Bonchev–Trinajstić information content (AvgIpc) is 2.12. The van der Waals surface area contributed by atoms with Crippen LogP contribution in [0, 0.1) is 6.92 Å². The van der Waals surface area contributed by atoms with Gasteiger partial charge in [0.25, 0.3) is 0 Å². The molecule has 0 fully saturated rings. The van der Waals surface area contributed by atoms with Gasteiger partial charge in [0, 0.05) is 4.90 Å². The fourth-order valence-electron chi connectivity index (χ4n) is 1.41. The summed E-state index contributed by atoms with van der Waals surface area (Å²) >= 11 is 5.18. The summed E-state index contributed by atoms with van der Waals surface area (Å²) in [6.45, 7) is 2.07.